The normalized spacial score (nSPS) is 12.6. The number of aliphatic carboxylic acids is 1. The predicted octanol–water partition coefficient (Wildman–Crippen LogP) is 2.98. The summed E-state index contributed by atoms with van der Waals surface area (Å²) < 4.78 is 2.18. The van der Waals surface area contributed by atoms with E-state index in [9.17, 15) is 4.79 Å². The molecule has 0 bridgehead atoms. The van der Waals surface area contributed by atoms with Gasteiger partial charge >= 0.3 is 5.97 Å². The van der Waals surface area contributed by atoms with Gasteiger partial charge in [-0.3, -0.25) is 4.79 Å². The number of hydrogen-bond acceptors (Lipinski definition) is 3. The number of imidazole rings is 1. The molecule has 1 aromatic heterocycles. The number of rotatable bonds is 7. The van der Waals surface area contributed by atoms with Crippen LogP contribution in [0, 0.1) is 0 Å². The Kier molecular flexibility index (Phi) is 5.55. The highest BCUT2D eigenvalue weighted by atomic mass is 32.2. The van der Waals surface area contributed by atoms with Crippen molar-refractivity contribution < 1.29 is 9.90 Å². The number of nitrogens with zero attached hydrogens (tertiary/aromatic N) is 2. The molecule has 0 radical (unpaired) electrons. The number of hydrogen-bond donors (Lipinski definition) is 1. The number of carbonyl (C=O) groups is 1. The molecule has 17 heavy (non-hydrogen) atoms. The minimum Gasteiger partial charge on any atom is -0.481 e. The number of thioether (sulfide) groups is 1. The SMILES string of the molecule is CCCC(C)n1c(CC)cnc1SCC(=O)O. The molecule has 96 valence electrons. The summed E-state index contributed by atoms with van der Waals surface area (Å²) in [5.74, 6) is -0.732. The summed E-state index contributed by atoms with van der Waals surface area (Å²) in [7, 11) is 0. The van der Waals surface area contributed by atoms with Crippen molar-refractivity contribution in [3.05, 3.63) is 11.9 Å². The molecule has 0 aliphatic rings. The molecule has 1 unspecified atom stereocenters. The predicted molar refractivity (Wildman–Crippen MR) is 69.6 cm³/mol. The number of carboxylic acids is 1. The summed E-state index contributed by atoms with van der Waals surface area (Å²) in [6.07, 6.45) is 4.99. The van der Waals surface area contributed by atoms with Crippen molar-refractivity contribution in [3.8, 4) is 0 Å². The topological polar surface area (TPSA) is 55.1 Å². The Hall–Kier alpha value is -0.970. The second-order valence-corrected chi connectivity index (χ2v) is 5.02. The molecule has 0 amide bonds. The molecule has 1 rings (SSSR count). The first-order chi connectivity index (χ1) is 8.10. The van der Waals surface area contributed by atoms with Gasteiger partial charge in [0.2, 0.25) is 0 Å². The van der Waals surface area contributed by atoms with E-state index in [1.807, 2.05) is 6.20 Å². The van der Waals surface area contributed by atoms with E-state index in [0.717, 1.165) is 24.4 Å². The third-order valence-electron chi connectivity index (χ3n) is 2.67. The zero-order chi connectivity index (χ0) is 12.8. The molecule has 0 fully saturated rings. The average molecular weight is 256 g/mol. The molecular formula is C12H20N2O2S. The summed E-state index contributed by atoms with van der Waals surface area (Å²) in [6, 6.07) is 0.383. The Labute approximate surface area is 106 Å². The minimum absolute atomic E-state index is 0.0685. The number of aromatic nitrogens is 2. The summed E-state index contributed by atoms with van der Waals surface area (Å²) in [5.41, 5.74) is 1.18. The first-order valence-electron chi connectivity index (χ1n) is 6.00. The third kappa shape index (κ3) is 3.77. The quantitative estimate of drug-likeness (QED) is 0.762. The fraction of sp³-hybridized carbons (Fsp3) is 0.667. The Morgan fingerprint density at radius 1 is 1.59 bits per heavy atom. The van der Waals surface area contributed by atoms with Crippen LogP contribution in [0.4, 0.5) is 0 Å². The molecule has 5 heteroatoms. The van der Waals surface area contributed by atoms with Crippen LogP contribution in [-0.2, 0) is 11.2 Å². The maximum absolute atomic E-state index is 10.6. The average Bonchev–Trinajstić information content (AvgIpc) is 2.69. The molecule has 0 spiro atoms. The number of aryl methyl sites for hydroxylation is 1. The van der Waals surface area contributed by atoms with Crippen LogP contribution in [0.2, 0.25) is 0 Å². The second kappa shape index (κ2) is 6.69. The molecule has 0 saturated carbocycles. The largest absolute Gasteiger partial charge is 0.481 e. The van der Waals surface area contributed by atoms with E-state index >= 15 is 0 Å². The molecular weight excluding hydrogens is 236 g/mol. The molecule has 1 atom stereocenters. The first-order valence-corrected chi connectivity index (χ1v) is 6.99. The lowest BCUT2D eigenvalue weighted by Crippen LogP contribution is -2.10. The van der Waals surface area contributed by atoms with E-state index in [1.165, 1.54) is 17.5 Å². The highest BCUT2D eigenvalue weighted by Crippen LogP contribution is 2.25. The summed E-state index contributed by atoms with van der Waals surface area (Å²) in [6.45, 7) is 6.41. The van der Waals surface area contributed by atoms with Crippen molar-refractivity contribution in [2.75, 3.05) is 5.75 Å². The molecule has 0 aliphatic heterocycles. The van der Waals surface area contributed by atoms with E-state index in [1.54, 1.807) is 0 Å². The van der Waals surface area contributed by atoms with Gasteiger partial charge in [0, 0.05) is 17.9 Å². The Bertz CT molecular complexity index is 377. The molecule has 0 saturated heterocycles. The molecule has 0 aliphatic carbocycles. The van der Waals surface area contributed by atoms with Crippen molar-refractivity contribution in [2.45, 2.75) is 51.2 Å². The smallest absolute Gasteiger partial charge is 0.313 e. The Balaban J connectivity index is 2.88. The van der Waals surface area contributed by atoms with E-state index < -0.39 is 5.97 Å². The maximum Gasteiger partial charge on any atom is 0.313 e. The lowest BCUT2D eigenvalue weighted by Gasteiger charge is -2.18. The highest BCUT2D eigenvalue weighted by Gasteiger charge is 2.15. The van der Waals surface area contributed by atoms with Crippen LogP contribution in [0.5, 0.6) is 0 Å². The molecule has 1 heterocycles. The third-order valence-corrected chi connectivity index (χ3v) is 3.63. The standard InChI is InChI=1S/C12H20N2O2S/c1-4-6-9(3)14-10(5-2)7-13-12(14)17-8-11(15)16/h7,9H,4-6,8H2,1-3H3,(H,15,16). The summed E-state index contributed by atoms with van der Waals surface area (Å²) in [5, 5.41) is 9.54. The van der Waals surface area contributed by atoms with Crippen molar-refractivity contribution in [1.29, 1.82) is 0 Å². The van der Waals surface area contributed by atoms with Crippen LogP contribution in [0.1, 0.15) is 45.3 Å². The monoisotopic (exact) mass is 256 g/mol. The van der Waals surface area contributed by atoms with E-state index in [0.29, 0.717) is 6.04 Å². The van der Waals surface area contributed by atoms with Gasteiger partial charge in [-0.2, -0.15) is 0 Å². The minimum atomic E-state index is -0.800. The van der Waals surface area contributed by atoms with Crippen LogP contribution in [0.3, 0.4) is 0 Å². The van der Waals surface area contributed by atoms with Crippen LogP contribution < -0.4 is 0 Å². The van der Waals surface area contributed by atoms with E-state index in [4.69, 9.17) is 5.11 Å². The zero-order valence-electron chi connectivity index (χ0n) is 10.6. The van der Waals surface area contributed by atoms with Crippen molar-refractivity contribution in [3.63, 3.8) is 0 Å². The number of carboxylic acid groups (broad SMARTS) is 1. The second-order valence-electron chi connectivity index (χ2n) is 4.08. The molecule has 1 aromatic rings. The van der Waals surface area contributed by atoms with Crippen molar-refractivity contribution >= 4 is 17.7 Å². The van der Waals surface area contributed by atoms with Gasteiger partial charge in [-0.25, -0.2) is 4.98 Å². The van der Waals surface area contributed by atoms with Crippen LogP contribution in [-0.4, -0.2) is 26.4 Å². The molecule has 1 N–H and O–H groups in total. The van der Waals surface area contributed by atoms with Gasteiger partial charge in [0.25, 0.3) is 0 Å². The fourth-order valence-electron chi connectivity index (χ4n) is 1.89. The zero-order valence-corrected chi connectivity index (χ0v) is 11.5. The lowest BCUT2D eigenvalue weighted by atomic mass is 10.2. The van der Waals surface area contributed by atoms with Crippen molar-refractivity contribution in [1.82, 2.24) is 9.55 Å². The van der Waals surface area contributed by atoms with Gasteiger partial charge < -0.3 is 9.67 Å². The van der Waals surface area contributed by atoms with Crippen LogP contribution in [0.15, 0.2) is 11.4 Å². The van der Waals surface area contributed by atoms with Crippen molar-refractivity contribution in [2.24, 2.45) is 0 Å². The van der Waals surface area contributed by atoms with Gasteiger partial charge in [0.1, 0.15) is 0 Å². The summed E-state index contributed by atoms with van der Waals surface area (Å²) >= 11 is 1.30. The van der Waals surface area contributed by atoms with Gasteiger partial charge in [-0.05, 0) is 19.8 Å². The Morgan fingerprint density at radius 3 is 2.82 bits per heavy atom. The van der Waals surface area contributed by atoms with E-state index in [2.05, 4.69) is 30.3 Å². The van der Waals surface area contributed by atoms with Crippen LogP contribution in [0.25, 0.3) is 0 Å². The highest BCUT2D eigenvalue weighted by molar-refractivity contribution is 7.99. The van der Waals surface area contributed by atoms with Gasteiger partial charge in [-0.15, -0.1) is 0 Å². The van der Waals surface area contributed by atoms with Gasteiger partial charge in [0.05, 0.1) is 5.75 Å². The maximum atomic E-state index is 10.6. The fourth-order valence-corrected chi connectivity index (χ4v) is 2.71. The van der Waals surface area contributed by atoms with Gasteiger partial charge in [-0.1, -0.05) is 32.0 Å². The first kappa shape index (κ1) is 14.1. The molecule has 0 aromatic carbocycles. The van der Waals surface area contributed by atoms with Crippen LogP contribution >= 0.6 is 11.8 Å². The van der Waals surface area contributed by atoms with Gasteiger partial charge in [0.15, 0.2) is 5.16 Å². The Morgan fingerprint density at radius 2 is 2.29 bits per heavy atom. The summed E-state index contributed by atoms with van der Waals surface area (Å²) in [4.78, 5) is 14.9. The van der Waals surface area contributed by atoms with E-state index in [-0.39, 0.29) is 5.75 Å². The lowest BCUT2D eigenvalue weighted by molar-refractivity contribution is -0.133. The molecule has 4 nitrogen and oxygen atoms in total.